The van der Waals surface area contributed by atoms with E-state index in [9.17, 15) is 5.11 Å². The van der Waals surface area contributed by atoms with Crippen molar-refractivity contribution in [1.29, 1.82) is 0 Å². The maximum atomic E-state index is 10.1. The highest BCUT2D eigenvalue weighted by Crippen LogP contribution is 2.23. The first kappa shape index (κ1) is 20.5. The Morgan fingerprint density at radius 2 is 2.03 bits per heavy atom. The van der Waals surface area contributed by atoms with Crippen molar-refractivity contribution in [1.82, 2.24) is 20.4 Å². The fraction of sp³-hybridized carbons (Fsp3) is 0.238. The summed E-state index contributed by atoms with van der Waals surface area (Å²) in [6.07, 6.45) is 3.67. The van der Waals surface area contributed by atoms with Gasteiger partial charge in [-0.25, -0.2) is 0 Å². The Hall–Kier alpha value is -3.19. The minimum atomic E-state index is -0.0361. The molecule has 1 aromatic heterocycles. The van der Waals surface area contributed by atoms with Gasteiger partial charge in [0, 0.05) is 43.1 Å². The lowest BCUT2D eigenvalue weighted by molar-refractivity contribution is 0.410. The Morgan fingerprint density at radius 1 is 1.24 bits per heavy atom. The van der Waals surface area contributed by atoms with E-state index in [0.29, 0.717) is 35.4 Å². The van der Waals surface area contributed by atoms with Crippen LogP contribution in [0.3, 0.4) is 0 Å². The van der Waals surface area contributed by atoms with E-state index in [1.807, 2.05) is 41.2 Å². The van der Waals surface area contributed by atoms with Crippen LogP contribution in [0.25, 0.3) is 0 Å². The highest BCUT2D eigenvalue weighted by molar-refractivity contribution is 6.30. The molecule has 0 saturated carbocycles. The summed E-state index contributed by atoms with van der Waals surface area (Å²) >= 11 is 6.03. The fourth-order valence-electron chi connectivity index (χ4n) is 2.94. The third-order valence-electron chi connectivity index (χ3n) is 4.52. The van der Waals surface area contributed by atoms with Crippen LogP contribution in [0, 0.1) is 0 Å². The lowest BCUT2D eigenvalue weighted by Gasteiger charge is -2.21. The van der Waals surface area contributed by atoms with Gasteiger partial charge >= 0.3 is 0 Å². The number of ether oxygens (including phenoxy) is 1. The molecule has 0 bridgehead atoms. The van der Waals surface area contributed by atoms with E-state index in [1.54, 1.807) is 38.6 Å². The van der Waals surface area contributed by atoms with Crippen LogP contribution in [0.15, 0.2) is 65.9 Å². The molecule has 7 nitrogen and oxygen atoms in total. The van der Waals surface area contributed by atoms with Crippen molar-refractivity contribution < 1.29 is 9.84 Å². The molecule has 0 aliphatic heterocycles. The zero-order chi connectivity index (χ0) is 20.6. The van der Waals surface area contributed by atoms with Gasteiger partial charge in [0.15, 0.2) is 5.96 Å². The van der Waals surface area contributed by atoms with Gasteiger partial charge in [0.25, 0.3) is 0 Å². The predicted octanol–water partition coefficient (Wildman–Crippen LogP) is 3.21. The largest absolute Gasteiger partial charge is 0.508 e. The standard InChI is InChI=1S/C21H24ClN5O2/c1-23-21(24-13-16-12-18(29-2)8-9-20(16)28)25-14-19(27-11-3-10-26-27)15-4-6-17(22)7-5-15/h3-12,19,28H,13-14H2,1-2H3,(H2,23,24,25). The molecule has 1 heterocycles. The quantitative estimate of drug-likeness (QED) is 0.409. The monoisotopic (exact) mass is 413 g/mol. The Bertz CT molecular complexity index is 942. The van der Waals surface area contributed by atoms with Crippen molar-refractivity contribution in [3.05, 3.63) is 77.1 Å². The number of benzene rings is 2. The highest BCUT2D eigenvalue weighted by atomic mass is 35.5. The second-order valence-electron chi connectivity index (χ2n) is 6.35. The Balaban J connectivity index is 1.67. The molecule has 1 unspecified atom stereocenters. The van der Waals surface area contributed by atoms with Gasteiger partial charge in [-0.15, -0.1) is 0 Å². The zero-order valence-electron chi connectivity index (χ0n) is 16.3. The van der Waals surface area contributed by atoms with Crippen molar-refractivity contribution in [3.63, 3.8) is 0 Å². The number of aromatic hydroxyl groups is 1. The SMILES string of the molecule is CN=C(NCc1cc(OC)ccc1O)NCC(c1ccc(Cl)cc1)n1cccn1. The molecular weight excluding hydrogens is 390 g/mol. The molecule has 0 aliphatic carbocycles. The number of methoxy groups -OCH3 is 1. The maximum absolute atomic E-state index is 10.1. The maximum Gasteiger partial charge on any atom is 0.191 e. The van der Waals surface area contributed by atoms with Crippen LogP contribution in [-0.2, 0) is 6.54 Å². The fourth-order valence-corrected chi connectivity index (χ4v) is 3.06. The topological polar surface area (TPSA) is 83.7 Å². The second-order valence-corrected chi connectivity index (χ2v) is 6.79. The summed E-state index contributed by atoms with van der Waals surface area (Å²) in [4.78, 5) is 4.27. The number of guanidine groups is 1. The smallest absolute Gasteiger partial charge is 0.191 e. The van der Waals surface area contributed by atoms with Crippen molar-refractivity contribution in [3.8, 4) is 11.5 Å². The van der Waals surface area contributed by atoms with Gasteiger partial charge in [-0.1, -0.05) is 23.7 Å². The van der Waals surface area contributed by atoms with Crippen LogP contribution < -0.4 is 15.4 Å². The summed E-state index contributed by atoms with van der Waals surface area (Å²) in [5, 5.41) is 21.7. The van der Waals surface area contributed by atoms with E-state index in [1.165, 1.54) is 0 Å². The van der Waals surface area contributed by atoms with Crippen molar-refractivity contribution in [2.24, 2.45) is 4.99 Å². The van der Waals surface area contributed by atoms with Crippen molar-refractivity contribution in [2.45, 2.75) is 12.6 Å². The van der Waals surface area contributed by atoms with Crippen LogP contribution in [-0.4, -0.2) is 41.5 Å². The van der Waals surface area contributed by atoms with Gasteiger partial charge in [-0.2, -0.15) is 5.10 Å². The number of nitrogens with zero attached hydrogens (tertiary/aromatic N) is 3. The Kier molecular flexibility index (Phi) is 6.97. The van der Waals surface area contributed by atoms with E-state index >= 15 is 0 Å². The van der Waals surface area contributed by atoms with Gasteiger partial charge in [0.1, 0.15) is 11.5 Å². The average Bonchev–Trinajstić information content (AvgIpc) is 3.27. The first-order valence-corrected chi connectivity index (χ1v) is 9.53. The second kappa shape index (κ2) is 9.84. The lowest BCUT2D eigenvalue weighted by atomic mass is 10.1. The van der Waals surface area contributed by atoms with E-state index in [4.69, 9.17) is 16.3 Å². The number of aliphatic imine (C=N–C) groups is 1. The average molecular weight is 414 g/mol. The van der Waals surface area contributed by atoms with E-state index in [2.05, 4.69) is 20.7 Å². The minimum absolute atomic E-state index is 0.0361. The van der Waals surface area contributed by atoms with Crippen LogP contribution in [0.1, 0.15) is 17.2 Å². The number of phenols is 1. The third-order valence-corrected chi connectivity index (χ3v) is 4.77. The van der Waals surface area contributed by atoms with Crippen LogP contribution in [0.2, 0.25) is 5.02 Å². The Labute approximate surface area is 175 Å². The number of rotatable bonds is 7. The first-order chi connectivity index (χ1) is 14.1. The predicted molar refractivity (Wildman–Crippen MR) is 115 cm³/mol. The molecule has 0 amide bonds. The van der Waals surface area contributed by atoms with Crippen LogP contribution in [0.5, 0.6) is 11.5 Å². The van der Waals surface area contributed by atoms with Crippen molar-refractivity contribution >= 4 is 17.6 Å². The summed E-state index contributed by atoms with van der Waals surface area (Å²) in [5.74, 6) is 1.49. The van der Waals surface area contributed by atoms with E-state index in [-0.39, 0.29) is 11.8 Å². The number of hydrogen-bond acceptors (Lipinski definition) is 4. The summed E-state index contributed by atoms with van der Waals surface area (Å²) in [7, 11) is 3.29. The lowest BCUT2D eigenvalue weighted by Crippen LogP contribution is -2.40. The number of halogens is 1. The third kappa shape index (κ3) is 5.42. The minimum Gasteiger partial charge on any atom is -0.508 e. The molecule has 0 spiro atoms. The molecule has 0 radical (unpaired) electrons. The summed E-state index contributed by atoms with van der Waals surface area (Å²) < 4.78 is 7.10. The molecule has 0 aliphatic rings. The molecule has 0 fully saturated rings. The molecule has 3 rings (SSSR count). The van der Waals surface area contributed by atoms with Gasteiger partial charge in [-0.05, 0) is 42.0 Å². The van der Waals surface area contributed by atoms with Gasteiger partial charge in [0.2, 0.25) is 0 Å². The van der Waals surface area contributed by atoms with Crippen LogP contribution in [0.4, 0.5) is 0 Å². The number of nitrogens with one attached hydrogen (secondary N) is 2. The summed E-state index contributed by atoms with van der Waals surface area (Å²) in [6.45, 7) is 0.961. The molecule has 3 aromatic rings. The van der Waals surface area contributed by atoms with Gasteiger partial charge in [-0.3, -0.25) is 9.67 Å². The molecule has 152 valence electrons. The molecular formula is C21H24ClN5O2. The van der Waals surface area contributed by atoms with Crippen molar-refractivity contribution in [2.75, 3.05) is 20.7 Å². The number of hydrogen-bond donors (Lipinski definition) is 3. The van der Waals surface area contributed by atoms with E-state index < -0.39 is 0 Å². The highest BCUT2D eigenvalue weighted by Gasteiger charge is 2.15. The number of phenolic OH excluding ortho intramolecular Hbond substituents is 1. The number of aromatic nitrogens is 2. The summed E-state index contributed by atoms with van der Waals surface area (Å²) in [6, 6.07) is 14.7. The molecule has 8 heteroatoms. The summed E-state index contributed by atoms with van der Waals surface area (Å²) in [5.41, 5.74) is 1.79. The van der Waals surface area contributed by atoms with Crippen LogP contribution >= 0.6 is 11.6 Å². The molecule has 0 saturated heterocycles. The normalized spacial score (nSPS) is 12.4. The first-order valence-electron chi connectivity index (χ1n) is 9.15. The molecule has 3 N–H and O–H groups in total. The molecule has 1 atom stereocenters. The zero-order valence-corrected chi connectivity index (χ0v) is 17.1. The van der Waals surface area contributed by atoms with Gasteiger partial charge < -0.3 is 20.5 Å². The van der Waals surface area contributed by atoms with E-state index in [0.717, 1.165) is 5.56 Å². The molecule has 2 aromatic carbocycles. The molecule has 29 heavy (non-hydrogen) atoms. The Morgan fingerprint density at radius 3 is 2.69 bits per heavy atom. The van der Waals surface area contributed by atoms with Gasteiger partial charge in [0.05, 0.1) is 13.2 Å².